The van der Waals surface area contributed by atoms with Gasteiger partial charge in [0.1, 0.15) is 0 Å². The molecule has 68 valence electrons. The summed E-state index contributed by atoms with van der Waals surface area (Å²) in [6, 6.07) is 0. The first-order valence-electron chi connectivity index (χ1n) is 4.74. The minimum atomic E-state index is 0.746. The molecule has 1 rings (SSSR count). The lowest BCUT2D eigenvalue weighted by molar-refractivity contribution is 0.422. The third-order valence-corrected chi connectivity index (χ3v) is 2.41. The van der Waals surface area contributed by atoms with E-state index in [1.807, 2.05) is 0 Å². The van der Waals surface area contributed by atoms with Gasteiger partial charge in [0.25, 0.3) is 0 Å². The van der Waals surface area contributed by atoms with Crippen LogP contribution < -0.4 is 5.32 Å². The Hall–Kier alpha value is -0.560. The van der Waals surface area contributed by atoms with Crippen LogP contribution in [-0.2, 0) is 0 Å². The van der Waals surface area contributed by atoms with Crippen molar-refractivity contribution < 1.29 is 0 Å². The van der Waals surface area contributed by atoms with E-state index < -0.39 is 0 Å². The van der Waals surface area contributed by atoms with Gasteiger partial charge in [-0.25, -0.2) is 0 Å². The average Bonchev–Trinajstić information content (AvgIpc) is 2.05. The molecule has 1 heterocycles. The van der Waals surface area contributed by atoms with Gasteiger partial charge in [-0.3, -0.25) is 0 Å². The van der Waals surface area contributed by atoms with Gasteiger partial charge in [0.2, 0.25) is 0 Å². The van der Waals surface area contributed by atoms with Crippen LogP contribution >= 0.6 is 0 Å². The van der Waals surface area contributed by atoms with Crippen LogP contribution in [0.1, 0.15) is 26.7 Å². The lowest BCUT2D eigenvalue weighted by atomic mass is 9.91. The Morgan fingerprint density at radius 2 is 2.25 bits per heavy atom. The van der Waals surface area contributed by atoms with Crippen molar-refractivity contribution in [3.8, 4) is 0 Å². The molecule has 0 amide bonds. The van der Waals surface area contributed by atoms with E-state index in [9.17, 15) is 0 Å². The fraction of sp³-hybridized carbons (Fsp3) is 0.636. The van der Waals surface area contributed by atoms with Gasteiger partial charge in [0.05, 0.1) is 0 Å². The molecule has 1 heteroatoms. The van der Waals surface area contributed by atoms with Crippen LogP contribution in [0.25, 0.3) is 0 Å². The predicted molar refractivity (Wildman–Crippen MR) is 54.2 cm³/mol. The molecule has 1 aliphatic rings. The van der Waals surface area contributed by atoms with Crippen molar-refractivity contribution >= 4 is 0 Å². The Balaban J connectivity index is 2.49. The summed E-state index contributed by atoms with van der Waals surface area (Å²) in [5.74, 6) is 0.746. The van der Waals surface area contributed by atoms with E-state index in [-0.39, 0.29) is 0 Å². The third kappa shape index (κ3) is 2.82. The summed E-state index contributed by atoms with van der Waals surface area (Å²) in [6.45, 7) is 10.5. The molecule has 0 aromatic carbocycles. The first kappa shape index (κ1) is 9.53. The van der Waals surface area contributed by atoms with Gasteiger partial charge in [-0.15, -0.1) is 0 Å². The standard InChI is InChI=1S/C11H19N/c1-9(2)7-10(3)11-5-4-6-12-8-11/h7,11-12H,1,4-6,8H2,2-3H3/b10-7+. The lowest BCUT2D eigenvalue weighted by Gasteiger charge is -2.23. The zero-order valence-corrected chi connectivity index (χ0v) is 8.19. The second-order valence-corrected chi connectivity index (χ2v) is 3.78. The smallest absolute Gasteiger partial charge is 0.00169 e. The molecule has 0 aromatic rings. The van der Waals surface area contributed by atoms with Crippen molar-refractivity contribution in [1.29, 1.82) is 0 Å². The molecule has 0 saturated carbocycles. The molecule has 1 aliphatic heterocycles. The highest BCUT2D eigenvalue weighted by Gasteiger charge is 2.13. The topological polar surface area (TPSA) is 12.0 Å². The summed E-state index contributed by atoms with van der Waals surface area (Å²) in [5.41, 5.74) is 2.65. The van der Waals surface area contributed by atoms with E-state index in [1.54, 1.807) is 0 Å². The van der Waals surface area contributed by atoms with Gasteiger partial charge >= 0.3 is 0 Å². The van der Waals surface area contributed by atoms with Crippen LogP contribution in [0.4, 0.5) is 0 Å². The minimum absolute atomic E-state index is 0.746. The van der Waals surface area contributed by atoms with Crippen molar-refractivity contribution in [2.75, 3.05) is 13.1 Å². The number of hydrogen-bond acceptors (Lipinski definition) is 1. The molecule has 1 unspecified atom stereocenters. The number of allylic oxidation sites excluding steroid dienone is 2. The summed E-state index contributed by atoms with van der Waals surface area (Å²) in [6.07, 6.45) is 4.85. The fourth-order valence-electron chi connectivity index (χ4n) is 1.75. The molecular weight excluding hydrogens is 146 g/mol. The summed E-state index contributed by atoms with van der Waals surface area (Å²) in [4.78, 5) is 0. The first-order chi connectivity index (χ1) is 5.70. The van der Waals surface area contributed by atoms with E-state index in [0.29, 0.717) is 0 Å². The Labute approximate surface area is 75.6 Å². The maximum absolute atomic E-state index is 3.89. The van der Waals surface area contributed by atoms with Gasteiger partial charge in [-0.05, 0) is 39.2 Å². The highest BCUT2D eigenvalue weighted by Crippen LogP contribution is 2.19. The van der Waals surface area contributed by atoms with Gasteiger partial charge < -0.3 is 5.32 Å². The minimum Gasteiger partial charge on any atom is -0.316 e. The van der Waals surface area contributed by atoms with Crippen molar-refractivity contribution in [2.24, 2.45) is 5.92 Å². The van der Waals surface area contributed by atoms with E-state index in [1.165, 1.54) is 25.0 Å². The molecule has 0 aromatic heterocycles. The fourth-order valence-corrected chi connectivity index (χ4v) is 1.75. The van der Waals surface area contributed by atoms with Gasteiger partial charge in [-0.1, -0.05) is 23.8 Å². The molecule has 0 spiro atoms. The number of rotatable bonds is 2. The quantitative estimate of drug-likeness (QED) is 0.620. The Kier molecular flexibility index (Phi) is 3.54. The maximum atomic E-state index is 3.89. The van der Waals surface area contributed by atoms with Crippen LogP contribution in [0.5, 0.6) is 0 Å². The summed E-state index contributed by atoms with van der Waals surface area (Å²) in [7, 11) is 0. The zero-order valence-electron chi connectivity index (χ0n) is 8.19. The molecule has 12 heavy (non-hydrogen) atoms. The highest BCUT2D eigenvalue weighted by molar-refractivity contribution is 5.19. The van der Waals surface area contributed by atoms with Crippen LogP contribution in [0.15, 0.2) is 23.8 Å². The highest BCUT2D eigenvalue weighted by atomic mass is 14.9. The van der Waals surface area contributed by atoms with Crippen LogP contribution in [0.2, 0.25) is 0 Å². The van der Waals surface area contributed by atoms with Gasteiger partial charge in [0.15, 0.2) is 0 Å². The molecule has 1 N–H and O–H groups in total. The lowest BCUT2D eigenvalue weighted by Crippen LogP contribution is -2.30. The average molecular weight is 165 g/mol. The molecule has 1 fully saturated rings. The second kappa shape index (κ2) is 4.46. The molecule has 0 aliphatic carbocycles. The van der Waals surface area contributed by atoms with Gasteiger partial charge in [0, 0.05) is 6.54 Å². The normalized spacial score (nSPS) is 25.5. The van der Waals surface area contributed by atoms with Crippen molar-refractivity contribution in [1.82, 2.24) is 5.32 Å². The van der Waals surface area contributed by atoms with Crippen LogP contribution in [0, 0.1) is 5.92 Å². The first-order valence-corrected chi connectivity index (χ1v) is 4.74. The van der Waals surface area contributed by atoms with Crippen molar-refractivity contribution in [2.45, 2.75) is 26.7 Å². The molecule has 0 radical (unpaired) electrons. The van der Waals surface area contributed by atoms with Gasteiger partial charge in [-0.2, -0.15) is 0 Å². The molecule has 0 bridgehead atoms. The Bertz CT molecular complexity index is 185. The monoisotopic (exact) mass is 165 g/mol. The van der Waals surface area contributed by atoms with E-state index in [0.717, 1.165) is 18.0 Å². The summed E-state index contributed by atoms with van der Waals surface area (Å²) >= 11 is 0. The predicted octanol–water partition coefficient (Wildman–Crippen LogP) is 2.51. The SMILES string of the molecule is C=C(C)/C=C(\C)C1CCCNC1. The number of hydrogen-bond donors (Lipinski definition) is 1. The Morgan fingerprint density at radius 1 is 1.50 bits per heavy atom. The van der Waals surface area contributed by atoms with E-state index in [4.69, 9.17) is 0 Å². The van der Waals surface area contributed by atoms with Crippen LogP contribution in [-0.4, -0.2) is 13.1 Å². The molecular formula is C11H19N. The summed E-state index contributed by atoms with van der Waals surface area (Å²) in [5, 5.41) is 3.42. The van der Waals surface area contributed by atoms with Crippen molar-refractivity contribution in [3.63, 3.8) is 0 Å². The summed E-state index contributed by atoms with van der Waals surface area (Å²) < 4.78 is 0. The number of piperidine rings is 1. The van der Waals surface area contributed by atoms with E-state index >= 15 is 0 Å². The van der Waals surface area contributed by atoms with Crippen molar-refractivity contribution in [3.05, 3.63) is 23.8 Å². The second-order valence-electron chi connectivity index (χ2n) is 3.78. The maximum Gasteiger partial charge on any atom is 0.00169 e. The Morgan fingerprint density at radius 3 is 2.75 bits per heavy atom. The molecule has 1 nitrogen and oxygen atoms in total. The third-order valence-electron chi connectivity index (χ3n) is 2.41. The largest absolute Gasteiger partial charge is 0.316 e. The van der Waals surface area contributed by atoms with E-state index in [2.05, 4.69) is 31.8 Å². The number of nitrogens with one attached hydrogen (secondary N) is 1. The zero-order chi connectivity index (χ0) is 8.97. The molecule has 1 atom stereocenters. The van der Waals surface area contributed by atoms with Crippen LogP contribution in [0.3, 0.4) is 0 Å². The molecule has 1 saturated heterocycles.